The SMILES string of the molecule is CCCOCCOCCC(=O)C[C@H](CCC(=O)OC)C(=O)N[C@H](C(=O)C[C@@H](CCCNC(N)=O)C(=O)Nc1ccc(COC(=O)NCC(=O)CCOCC(=O)N[C@H]2CCc3c(C)c(F)cc4nc5c(c2c34)Cn2c-5cc3c(c2=O)COC(=O)[C@]3(O)CC)cc1)C(C)C. The van der Waals surface area contributed by atoms with Gasteiger partial charge in [-0.15, -0.1) is 0 Å². The molecule has 2 aromatic heterocycles. The number of fused-ring (bicyclic) bond motifs is 5. The molecule has 0 saturated heterocycles. The Balaban J connectivity index is 0.870. The number of aromatic nitrogens is 2. The number of ether oxygens (including phenoxy) is 6. The fraction of sp³-hybridized carbons (Fsp3) is 0.538. The Kier molecular flexibility index (Phi) is 25.6. The Labute approximate surface area is 531 Å². The number of urea groups is 1. The van der Waals surface area contributed by atoms with Crippen molar-refractivity contribution in [2.45, 2.75) is 149 Å². The number of nitrogens with zero attached hydrogens (tertiary/aromatic N) is 2. The number of esters is 2. The molecule has 0 saturated carbocycles. The van der Waals surface area contributed by atoms with Crippen molar-refractivity contribution in [1.29, 1.82) is 0 Å². The molecule has 0 radical (unpaired) electrons. The molecule has 2 aromatic carbocycles. The van der Waals surface area contributed by atoms with Crippen LogP contribution in [0.25, 0.3) is 22.3 Å². The minimum atomic E-state index is -2.05. The van der Waals surface area contributed by atoms with E-state index in [0.29, 0.717) is 82.9 Å². The summed E-state index contributed by atoms with van der Waals surface area (Å²) in [6, 6.07) is 6.71. The number of nitrogens with two attached hydrogens (primary N) is 1. The number of cyclic esters (lactones) is 1. The largest absolute Gasteiger partial charge is 0.469 e. The molecule has 0 fully saturated rings. The van der Waals surface area contributed by atoms with Crippen LogP contribution in [0.4, 0.5) is 19.7 Å². The predicted molar refractivity (Wildman–Crippen MR) is 330 cm³/mol. The number of pyridine rings is 2. The van der Waals surface area contributed by atoms with E-state index in [2.05, 4.69) is 26.6 Å². The van der Waals surface area contributed by atoms with Crippen molar-refractivity contribution in [1.82, 2.24) is 30.8 Å². The molecule has 0 spiro atoms. The second-order valence-electron chi connectivity index (χ2n) is 23.5. The monoisotopic (exact) mass is 1280 g/mol. The number of hydrogen-bond acceptors (Lipinski definition) is 19. The number of rotatable bonds is 36. The van der Waals surface area contributed by atoms with E-state index in [1.807, 2.05) is 6.92 Å². The molecule has 498 valence electrons. The number of aliphatic hydroxyl groups is 1. The minimum absolute atomic E-state index is 0.0202. The number of anilines is 1. The average molecular weight is 1280 g/mol. The standard InChI is InChI=1S/C65H83FN8O18/c1-7-22-88-25-26-89-23-19-42(75)27-40(13-18-54(79)87-6)60(81)73-57(36(3)4)52(77)28-39(10-9-21-68-63(67)84)59(80)70-41-14-11-38(12-15-41)33-92-64(85)69-31-43(76)20-24-90-35-53(78)71-49-17-16-44-37(5)48(66)30-50-55(44)56(49)45-32-74-51(58(45)72-50)29-47-46(61(74)82)34-91-62(83)65(47,86)8-2/h11-12,14-15,29-30,36,39-40,49,57,86H,7-10,13,16-28,31-35H2,1-6H3,(H,69,85)(H,70,80)(H,71,78)(H,73,81)(H3,67,68,84)/t39-,40+,49+,57+,65+/m1/s1. The minimum Gasteiger partial charge on any atom is -0.469 e. The summed E-state index contributed by atoms with van der Waals surface area (Å²) < 4.78 is 48.6. The van der Waals surface area contributed by atoms with Crippen molar-refractivity contribution >= 4 is 75.7 Å². The first kappa shape index (κ1) is 70.9. The number of methoxy groups -OCH3 is 1. The van der Waals surface area contributed by atoms with Crippen LogP contribution in [0.15, 0.2) is 41.2 Å². The molecule has 4 aromatic rings. The molecule has 4 heterocycles. The van der Waals surface area contributed by atoms with Crippen LogP contribution in [0, 0.1) is 30.5 Å². The number of aryl methyl sites for hydroxylation is 1. The maximum absolute atomic E-state index is 15.4. The molecule has 0 bridgehead atoms. The zero-order valence-corrected chi connectivity index (χ0v) is 52.9. The summed E-state index contributed by atoms with van der Waals surface area (Å²) in [5.74, 6) is -7.09. The first-order valence-electron chi connectivity index (χ1n) is 31.1. The number of ketones is 3. The summed E-state index contributed by atoms with van der Waals surface area (Å²) in [5.41, 5.74) is 7.30. The van der Waals surface area contributed by atoms with Gasteiger partial charge in [-0.3, -0.25) is 38.4 Å². The molecule has 27 heteroatoms. The molecule has 2 aliphatic heterocycles. The van der Waals surface area contributed by atoms with Crippen molar-refractivity contribution in [2.75, 3.05) is 65.2 Å². The maximum Gasteiger partial charge on any atom is 0.407 e. The van der Waals surface area contributed by atoms with Gasteiger partial charge in [0.25, 0.3) is 5.56 Å². The lowest BCUT2D eigenvalue weighted by Crippen LogP contribution is -2.48. The number of primary amides is 1. The van der Waals surface area contributed by atoms with Crippen LogP contribution in [0.5, 0.6) is 0 Å². The van der Waals surface area contributed by atoms with E-state index in [-0.39, 0.29) is 114 Å². The van der Waals surface area contributed by atoms with Crippen LogP contribution in [0.3, 0.4) is 0 Å². The van der Waals surface area contributed by atoms with Gasteiger partial charge in [0, 0.05) is 85.4 Å². The normalized spacial score (nSPS) is 16.2. The van der Waals surface area contributed by atoms with Crippen molar-refractivity contribution in [2.24, 2.45) is 23.5 Å². The van der Waals surface area contributed by atoms with Crippen LogP contribution >= 0.6 is 0 Å². The lowest BCUT2D eigenvalue weighted by molar-refractivity contribution is -0.172. The molecule has 8 N–H and O–H groups in total. The third-order valence-electron chi connectivity index (χ3n) is 16.7. The van der Waals surface area contributed by atoms with E-state index in [4.69, 9.17) is 39.1 Å². The highest BCUT2D eigenvalue weighted by atomic mass is 19.1. The summed E-state index contributed by atoms with van der Waals surface area (Å²) in [5, 5.41) is 25.5. The van der Waals surface area contributed by atoms with Crippen LogP contribution in [-0.4, -0.2) is 140 Å². The van der Waals surface area contributed by atoms with Crippen molar-refractivity contribution in [3.63, 3.8) is 0 Å². The molecule has 5 atom stereocenters. The first-order chi connectivity index (χ1) is 44.0. The van der Waals surface area contributed by atoms with Gasteiger partial charge in [0.05, 0.1) is 81.2 Å². The molecule has 6 amide bonds. The molecule has 26 nitrogen and oxygen atoms in total. The third kappa shape index (κ3) is 18.2. The lowest BCUT2D eigenvalue weighted by atomic mass is 9.81. The molecule has 3 aliphatic rings. The van der Waals surface area contributed by atoms with Gasteiger partial charge in [0.2, 0.25) is 17.7 Å². The van der Waals surface area contributed by atoms with Crippen LogP contribution in [-0.2, 0) is 98.6 Å². The van der Waals surface area contributed by atoms with E-state index in [1.54, 1.807) is 58.0 Å². The molecule has 1 aliphatic carbocycles. The van der Waals surface area contributed by atoms with Crippen LogP contribution in [0.2, 0.25) is 0 Å². The van der Waals surface area contributed by atoms with Gasteiger partial charge in [-0.05, 0) is 98.2 Å². The Morgan fingerprint density at radius 2 is 1.57 bits per heavy atom. The van der Waals surface area contributed by atoms with E-state index in [9.17, 15) is 57.8 Å². The molecule has 7 rings (SSSR count). The van der Waals surface area contributed by atoms with Gasteiger partial charge < -0.3 is 70.4 Å². The molecular formula is C65H83FN8O18. The smallest absolute Gasteiger partial charge is 0.407 e. The number of nitrogens with one attached hydrogen (secondary N) is 5. The molecule has 92 heavy (non-hydrogen) atoms. The average Bonchev–Trinajstić information content (AvgIpc) is 1.47. The fourth-order valence-corrected chi connectivity index (χ4v) is 11.6. The topological polar surface area (TPSA) is 367 Å². The Bertz CT molecular complexity index is 3480. The molecule has 0 unspecified atom stereocenters. The van der Waals surface area contributed by atoms with Crippen molar-refractivity contribution < 1.29 is 85.9 Å². The summed E-state index contributed by atoms with van der Waals surface area (Å²) in [6.45, 7) is 8.71. The van der Waals surface area contributed by atoms with Gasteiger partial charge >= 0.3 is 24.1 Å². The maximum atomic E-state index is 15.4. The third-order valence-corrected chi connectivity index (χ3v) is 16.7. The first-order valence-corrected chi connectivity index (χ1v) is 31.1. The number of hydrogen-bond donors (Lipinski definition) is 7. The van der Waals surface area contributed by atoms with Crippen LogP contribution in [0.1, 0.15) is 143 Å². The fourth-order valence-electron chi connectivity index (χ4n) is 11.6. The highest BCUT2D eigenvalue weighted by molar-refractivity contribution is 5.98. The number of Topliss-reactive ketones (excluding diaryl/α,β-unsaturated/α-hetero) is 3. The number of alkyl carbamates (subject to hydrolysis) is 1. The zero-order chi connectivity index (χ0) is 66.8. The predicted octanol–water partition coefficient (Wildman–Crippen LogP) is 5.00. The second kappa shape index (κ2) is 33.2. The van der Waals surface area contributed by atoms with Gasteiger partial charge in [-0.2, -0.15) is 0 Å². The van der Waals surface area contributed by atoms with E-state index < -0.39 is 113 Å². The zero-order valence-electron chi connectivity index (χ0n) is 52.9. The van der Waals surface area contributed by atoms with E-state index in [0.717, 1.165) is 12.0 Å². The highest BCUT2D eigenvalue weighted by Crippen LogP contribution is 2.46. The van der Waals surface area contributed by atoms with Gasteiger partial charge in [-0.25, -0.2) is 23.8 Å². The Morgan fingerprint density at radius 3 is 2.26 bits per heavy atom. The van der Waals surface area contributed by atoms with Gasteiger partial charge in [0.1, 0.15) is 31.4 Å². The van der Waals surface area contributed by atoms with E-state index >= 15 is 4.39 Å². The van der Waals surface area contributed by atoms with Crippen molar-refractivity contribution in [3.8, 4) is 11.4 Å². The number of carbonyl (C=O) groups is 10. The lowest BCUT2D eigenvalue weighted by Gasteiger charge is -2.31. The second-order valence-corrected chi connectivity index (χ2v) is 23.5. The number of halogens is 1. The summed E-state index contributed by atoms with van der Waals surface area (Å²) in [4.78, 5) is 149. The number of amides is 6. The number of benzene rings is 2. The van der Waals surface area contributed by atoms with Crippen molar-refractivity contribution in [3.05, 3.63) is 91.5 Å². The van der Waals surface area contributed by atoms with Gasteiger partial charge in [-0.1, -0.05) is 39.8 Å². The quantitative estimate of drug-likeness (QED) is 0.0158. The summed E-state index contributed by atoms with van der Waals surface area (Å²) in [6.07, 6.45) is 0.264. The molecular weight excluding hydrogens is 1200 g/mol. The van der Waals surface area contributed by atoms with E-state index in [1.165, 1.54) is 17.7 Å². The van der Waals surface area contributed by atoms with Crippen LogP contribution < -0.4 is 37.9 Å². The van der Waals surface area contributed by atoms with Gasteiger partial charge in [0.15, 0.2) is 17.2 Å². The summed E-state index contributed by atoms with van der Waals surface area (Å²) in [7, 11) is 1.21. The summed E-state index contributed by atoms with van der Waals surface area (Å²) >= 11 is 0. The number of carbonyl (C=O) groups excluding carboxylic acids is 10. The Morgan fingerprint density at radius 1 is 0.859 bits per heavy atom. The Hall–Kier alpha value is -8.53. The highest BCUT2D eigenvalue weighted by Gasteiger charge is 2.46.